The summed E-state index contributed by atoms with van der Waals surface area (Å²) >= 11 is 0. The molecule has 0 bridgehead atoms. The van der Waals surface area contributed by atoms with Crippen molar-refractivity contribution in [2.24, 2.45) is 0 Å². The predicted octanol–water partition coefficient (Wildman–Crippen LogP) is 2.97. The van der Waals surface area contributed by atoms with Crippen LogP contribution in [-0.2, 0) is 6.54 Å². The van der Waals surface area contributed by atoms with Gasteiger partial charge in [-0.1, -0.05) is 54.1 Å². The van der Waals surface area contributed by atoms with Gasteiger partial charge in [0, 0.05) is 19.6 Å². The van der Waals surface area contributed by atoms with E-state index in [0.29, 0.717) is 0 Å². The fourth-order valence-electron chi connectivity index (χ4n) is 2.13. The molecule has 100 valence electrons. The van der Waals surface area contributed by atoms with E-state index in [1.807, 2.05) is 7.05 Å². The first-order chi connectivity index (χ1) is 9.31. The van der Waals surface area contributed by atoms with E-state index in [1.165, 1.54) is 22.3 Å². The minimum Gasteiger partial charge on any atom is -0.318 e. The SMILES string of the molecule is CNCCNCc1ccccc1-c1ccc(C)cc1. The molecule has 0 amide bonds. The summed E-state index contributed by atoms with van der Waals surface area (Å²) in [6, 6.07) is 17.3. The molecule has 0 saturated heterocycles. The summed E-state index contributed by atoms with van der Waals surface area (Å²) < 4.78 is 0. The maximum absolute atomic E-state index is 3.46. The van der Waals surface area contributed by atoms with Crippen LogP contribution in [0.4, 0.5) is 0 Å². The van der Waals surface area contributed by atoms with Crippen LogP contribution in [0.2, 0.25) is 0 Å². The first-order valence-corrected chi connectivity index (χ1v) is 6.81. The first-order valence-electron chi connectivity index (χ1n) is 6.81. The Balaban J connectivity index is 2.14. The van der Waals surface area contributed by atoms with Crippen LogP contribution in [0.5, 0.6) is 0 Å². The van der Waals surface area contributed by atoms with Gasteiger partial charge in [0.2, 0.25) is 0 Å². The lowest BCUT2D eigenvalue weighted by atomic mass is 9.99. The third-order valence-electron chi connectivity index (χ3n) is 3.25. The van der Waals surface area contributed by atoms with Gasteiger partial charge >= 0.3 is 0 Å². The van der Waals surface area contributed by atoms with Crippen LogP contribution in [0.1, 0.15) is 11.1 Å². The lowest BCUT2D eigenvalue weighted by Crippen LogP contribution is -2.24. The Morgan fingerprint density at radius 1 is 0.895 bits per heavy atom. The summed E-state index contributed by atoms with van der Waals surface area (Å²) in [5, 5.41) is 6.61. The van der Waals surface area contributed by atoms with Gasteiger partial charge < -0.3 is 10.6 Å². The molecule has 0 aliphatic carbocycles. The molecule has 0 aromatic heterocycles. The highest BCUT2D eigenvalue weighted by Crippen LogP contribution is 2.23. The van der Waals surface area contributed by atoms with Gasteiger partial charge in [0.15, 0.2) is 0 Å². The minimum atomic E-state index is 0.908. The van der Waals surface area contributed by atoms with Crippen molar-refractivity contribution < 1.29 is 0 Å². The molecule has 0 radical (unpaired) electrons. The molecule has 2 aromatic carbocycles. The molecule has 2 nitrogen and oxygen atoms in total. The van der Waals surface area contributed by atoms with Gasteiger partial charge in [-0.2, -0.15) is 0 Å². The zero-order chi connectivity index (χ0) is 13.5. The fourth-order valence-corrected chi connectivity index (χ4v) is 2.13. The third-order valence-corrected chi connectivity index (χ3v) is 3.25. The Kier molecular flexibility index (Phi) is 5.13. The number of rotatable bonds is 6. The molecular weight excluding hydrogens is 232 g/mol. The molecule has 0 unspecified atom stereocenters. The second-order valence-electron chi connectivity index (χ2n) is 4.80. The highest BCUT2D eigenvalue weighted by Gasteiger charge is 2.03. The second kappa shape index (κ2) is 7.07. The van der Waals surface area contributed by atoms with Crippen molar-refractivity contribution in [1.82, 2.24) is 10.6 Å². The Bertz CT molecular complexity index is 503. The monoisotopic (exact) mass is 254 g/mol. The quantitative estimate of drug-likeness (QED) is 0.774. The molecule has 0 aliphatic rings. The normalized spacial score (nSPS) is 10.6. The van der Waals surface area contributed by atoms with Crippen LogP contribution in [0.25, 0.3) is 11.1 Å². The van der Waals surface area contributed by atoms with E-state index < -0.39 is 0 Å². The maximum Gasteiger partial charge on any atom is 0.0212 e. The van der Waals surface area contributed by atoms with E-state index in [2.05, 4.69) is 66.1 Å². The van der Waals surface area contributed by atoms with Crippen molar-refractivity contribution >= 4 is 0 Å². The standard InChI is InChI=1S/C17H22N2/c1-14-7-9-15(10-8-14)17-6-4-3-5-16(17)13-19-12-11-18-2/h3-10,18-19H,11-13H2,1-2H3. The zero-order valence-corrected chi connectivity index (χ0v) is 11.7. The molecule has 0 fully saturated rings. The average molecular weight is 254 g/mol. The fraction of sp³-hybridized carbons (Fsp3) is 0.294. The number of benzene rings is 2. The molecular formula is C17H22N2. The summed E-state index contributed by atoms with van der Waals surface area (Å²) in [5.74, 6) is 0. The van der Waals surface area contributed by atoms with E-state index in [0.717, 1.165) is 19.6 Å². The third kappa shape index (κ3) is 3.91. The van der Waals surface area contributed by atoms with E-state index >= 15 is 0 Å². The van der Waals surface area contributed by atoms with Crippen molar-refractivity contribution in [1.29, 1.82) is 0 Å². The first kappa shape index (κ1) is 13.8. The van der Waals surface area contributed by atoms with Crippen molar-refractivity contribution in [2.45, 2.75) is 13.5 Å². The van der Waals surface area contributed by atoms with Crippen LogP contribution in [0, 0.1) is 6.92 Å². The van der Waals surface area contributed by atoms with Gasteiger partial charge in [0.05, 0.1) is 0 Å². The summed E-state index contributed by atoms with van der Waals surface area (Å²) in [4.78, 5) is 0. The summed E-state index contributed by atoms with van der Waals surface area (Å²) in [6.07, 6.45) is 0. The molecule has 2 heteroatoms. The van der Waals surface area contributed by atoms with Gasteiger partial charge in [0.25, 0.3) is 0 Å². The Labute approximate surface area is 115 Å². The van der Waals surface area contributed by atoms with Gasteiger partial charge in [-0.05, 0) is 30.7 Å². The summed E-state index contributed by atoms with van der Waals surface area (Å²) in [6.45, 7) is 5.01. The molecule has 2 aromatic rings. The topological polar surface area (TPSA) is 24.1 Å². The maximum atomic E-state index is 3.46. The number of hydrogen-bond donors (Lipinski definition) is 2. The van der Waals surface area contributed by atoms with E-state index in [9.17, 15) is 0 Å². The van der Waals surface area contributed by atoms with Crippen molar-refractivity contribution in [2.75, 3.05) is 20.1 Å². The number of hydrogen-bond acceptors (Lipinski definition) is 2. The number of aryl methyl sites for hydroxylation is 1. The lowest BCUT2D eigenvalue weighted by molar-refractivity contribution is 0.651. The Morgan fingerprint density at radius 2 is 1.63 bits per heavy atom. The van der Waals surface area contributed by atoms with Gasteiger partial charge in [-0.3, -0.25) is 0 Å². The number of likely N-dealkylation sites (N-methyl/N-ethyl adjacent to an activating group) is 1. The van der Waals surface area contributed by atoms with Crippen LogP contribution >= 0.6 is 0 Å². The Morgan fingerprint density at radius 3 is 2.37 bits per heavy atom. The lowest BCUT2D eigenvalue weighted by Gasteiger charge is -2.11. The summed E-state index contributed by atoms with van der Waals surface area (Å²) in [7, 11) is 1.97. The van der Waals surface area contributed by atoms with E-state index in [4.69, 9.17) is 0 Å². The van der Waals surface area contributed by atoms with Crippen LogP contribution in [-0.4, -0.2) is 20.1 Å². The van der Waals surface area contributed by atoms with E-state index in [1.54, 1.807) is 0 Å². The molecule has 0 saturated carbocycles. The molecule has 0 atom stereocenters. The second-order valence-corrected chi connectivity index (χ2v) is 4.80. The average Bonchev–Trinajstić information content (AvgIpc) is 2.45. The molecule has 0 spiro atoms. The highest BCUT2D eigenvalue weighted by atomic mass is 14.9. The molecule has 2 N–H and O–H groups in total. The highest BCUT2D eigenvalue weighted by molar-refractivity contribution is 5.67. The van der Waals surface area contributed by atoms with Gasteiger partial charge in [-0.25, -0.2) is 0 Å². The van der Waals surface area contributed by atoms with Crippen molar-refractivity contribution in [3.8, 4) is 11.1 Å². The largest absolute Gasteiger partial charge is 0.318 e. The molecule has 2 rings (SSSR count). The molecule has 0 heterocycles. The predicted molar refractivity (Wildman–Crippen MR) is 82.2 cm³/mol. The Hall–Kier alpha value is -1.64. The van der Waals surface area contributed by atoms with Crippen LogP contribution < -0.4 is 10.6 Å². The van der Waals surface area contributed by atoms with Gasteiger partial charge in [-0.15, -0.1) is 0 Å². The smallest absolute Gasteiger partial charge is 0.0212 e. The van der Waals surface area contributed by atoms with Crippen LogP contribution in [0.15, 0.2) is 48.5 Å². The van der Waals surface area contributed by atoms with E-state index in [-0.39, 0.29) is 0 Å². The van der Waals surface area contributed by atoms with Crippen molar-refractivity contribution in [3.05, 3.63) is 59.7 Å². The van der Waals surface area contributed by atoms with Crippen LogP contribution in [0.3, 0.4) is 0 Å². The van der Waals surface area contributed by atoms with Crippen molar-refractivity contribution in [3.63, 3.8) is 0 Å². The molecule has 19 heavy (non-hydrogen) atoms. The van der Waals surface area contributed by atoms with Gasteiger partial charge in [0.1, 0.15) is 0 Å². The minimum absolute atomic E-state index is 0.908. The summed E-state index contributed by atoms with van der Waals surface area (Å²) in [5.41, 5.74) is 5.26. The zero-order valence-electron chi connectivity index (χ0n) is 11.7. The molecule has 0 aliphatic heterocycles. The number of nitrogens with one attached hydrogen (secondary N) is 2.